The Bertz CT molecular complexity index is 723. The number of benzene rings is 2. The minimum atomic E-state index is -0.953. The normalized spacial score (nSPS) is 9.61. The van der Waals surface area contributed by atoms with Gasteiger partial charge in [0.25, 0.3) is 0 Å². The van der Waals surface area contributed by atoms with Crippen molar-refractivity contribution in [1.29, 1.82) is 0 Å². The summed E-state index contributed by atoms with van der Waals surface area (Å²) in [6, 6.07) is 13.3. The number of rotatable bonds is 9. The maximum atomic E-state index is 10.8. The van der Waals surface area contributed by atoms with Crippen LogP contribution in [0.3, 0.4) is 0 Å². The van der Waals surface area contributed by atoms with Crippen LogP contribution < -0.4 is 10.5 Å². The second-order valence-electron chi connectivity index (χ2n) is 5.66. The first-order valence-electron chi connectivity index (χ1n) is 8.68. The number of carbonyl (C=O) groups is 2. The number of nitrogen functional groups attached to an aromatic ring is 1. The molecule has 7 heteroatoms. The van der Waals surface area contributed by atoms with Crippen molar-refractivity contribution in [1.82, 2.24) is 0 Å². The standard InChI is InChI=1S/C15H18O5.C6H6ClN/c1-2-14(16)20-11-5-3-4-10-19-13-8-6-12(7-9-13)15(17)18;7-5-1-3-6(8)4-2-5/h2,6-9H,1,3-5,10-11H2,(H,17,18);1-4H,8H2. The van der Waals surface area contributed by atoms with Gasteiger partial charge in [0.2, 0.25) is 0 Å². The van der Waals surface area contributed by atoms with Gasteiger partial charge < -0.3 is 20.3 Å². The van der Waals surface area contributed by atoms with Gasteiger partial charge in [0.1, 0.15) is 5.75 Å². The molecule has 0 unspecified atom stereocenters. The molecule has 0 amide bonds. The molecule has 0 spiro atoms. The second kappa shape index (κ2) is 13.2. The van der Waals surface area contributed by atoms with Crippen LogP contribution >= 0.6 is 11.6 Å². The Hall–Kier alpha value is -2.99. The number of unbranched alkanes of at least 4 members (excludes halogenated alkanes) is 2. The van der Waals surface area contributed by atoms with E-state index in [0.29, 0.717) is 19.0 Å². The Morgan fingerprint density at radius 3 is 2.14 bits per heavy atom. The molecule has 0 radical (unpaired) electrons. The molecule has 2 aromatic carbocycles. The summed E-state index contributed by atoms with van der Waals surface area (Å²) in [5, 5.41) is 9.47. The van der Waals surface area contributed by atoms with E-state index in [-0.39, 0.29) is 5.56 Å². The van der Waals surface area contributed by atoms with E-state index >= 15 is 0 Å². The molecule has 0 bridgehead atoms. The molecule has 3 N–H and O–H groups in total. The number of halogens is 1. The molecule has 6 nitrogen and oxygen atoms in total. The summed E-state index contributed by atoms with van der Waals surface area (Å²) >= 11 is 5.56. The van der Waals surface area contributed by atoms with Gasteiger partial charge in [0, 0.05) is 16.8 Å². The Balaban J connectivity index is 0.000000406. The van der Waals surface area contributed by atoms with Gasteiger partial charge >= 0.3 is 11.9 Å². The maximum Gasteiger partial charge on any atom is 0.335 e. The van der Waals surface area contributed by atoms with Crippen LogP contribution in [0, 0.1) is 0 Å². The predicted molar refractivity (Wildman–Crippen MR) is 110 cm³/mol. The number of carboxylic acid groups (broad SMARTS) is 1. The molecule has 28 heavy (non-hydrogen) atoms. The quantitative estimate of drug-likeness (QED) is 0.274. The Kier molecular flexibility index (Phi) is 10.9. The molecule has 0 saturated heterocycles. The Morgan fingerprint density at radius 1 is 1.00 bits per heavy atom. The van der Waals surface area contributed by atoms with E-state index < -0.39 is 11.9 Å². The van der Waals surface area contributed by atoms with Crippen LogP contribution in [0.5, 0.6) is 5.75 Å². The van der Waals surface area contributed by atoms with Crippen LogP contribution in [-0.2, 0) is 9.53 Å². The summed E-state index contributed by atoms with van der Waals surface area (Å²) in [4.78, 5) is 21.4. The minimum absolute atomic E-state index is 0.237. The number of nitrogens with two attached hydrogens (primary N) is 1. The third-order valence-electron chi connectivity index (χ3n) is 3.44. The zero-order valence-corrected chi connectivity index (χ0v) is 16.2. The van der Waals surface area contributed by atoms with E-state index in [2.05, 4.69) is 6.58 Å². The topological polar surface area (TPSA) is 98.8 Å². The fraction of sp³-hybridized carbons (Fsp3) is 0.238. The number of anilines is 1. The molecule has 0 fully saturated rings. The van der Waals surface area contributed by atoms with E-state index in [4.69, 9.17) is 31.9 Å². The lowest BCUT2D eigenvalue weighted by Gasteiger charge is -2.06. The number of carboxylic acids is 1. The summed E-state index contributed by atoms with van der Waals surface area (Å²) < 4.78 is 10.3. The maximum absolute atomic E-state index is 10.8. The molecule has 0 aliphatic heterocycles. The number of hydrogen-bond acceptors (Lipinski definition) is 5. The number of ether oxygens (including phenoxy) is 2. The predicted octanol–water partition coefficient (Wildman–Crippen LogP) is 4.59. The van der Waals surface area contributed by atoms with E-state index in [1.54, 1.807) is 36.4 Å². The first kappa shape index (κ1) is 23.0. The van der Waals surface area contributed by atoms with Crippen molar-refractivity contribution >= 4 is 29.2 Å². The van der Waals surface area contributed by atoms with Gasteiger partial charge in [-0.2, -0.15) is 0 Å². The number of esters is 1. The van der Waals surface area contributed by atoms with Crippen molar-refractivity contribution in [3.05, 3.63) is 71.8 Å². The Labute approximate surface area is 169 Å². The highest BCUT2D eigenvalue weighted by molar-refractivity contribution is 6.30. The van der Waals surface area contributed by atoms with Crippen molar-refractivity contribution in [3.63, 3.8) is 0 Å². The van der Waals surface area contributed by atoms with Crippen LogP contribution in [0.4, 0.5) is 5.69 Å². The van der Waals surface area contributed by atoms with Crippen LogP contribution in [0.1, 0.15) is 29.6 Å². The highest BCUT2D eigenvalue weighted by Gasteiger charge is 2.02. The third-order valence-corrected chi connectivity index (χ3v) is 3.69. The summed E-state index contributed by atoms with van der Waals surface area (Å²) in [5.74, 6) is -0.710. The average molecular weight is 406 g/mol. The van der Waals surface area contributed by atoms with E-state index in [1.165, 1.54) is 12.1 Å². The lowest BCUT2D eigenvalue weighted by molar-refractivity contribution is -0.137. The van der Waals surface area contributed by atoms with E-state index in [1.807, 2.05) is 0 Å². The van der Waals surface area contributed by atoms with Gasteiger partial charge in [-0.05, 0) is 67.8 Å². The molecule has 150 valence electrons. The van der Waals surface area contributed by atoms with Crippen molar-refractivity contribution in [3.8, 4) is 5.75 Å². The van der Waals surface area contributed by atoms with Crippen molar-refractivity contribution in [2.24, 2.45) is 0 Å². The van der Waals surface area contributed by atoms with Gasteiger partial charge in [-0.1, -0.05) is 18.2 Å². The molecule has 0 saturated carbocycles. The zero-order valence-electron chi connectivity index (χ0n) is 15.5. The van der Waals surface area contributed by atoms with Gasteiger partial charge in [-0.15, -0.1) is 0 Å². The van der Waals surface area contributed by atoms with Crippen LogP contribution in [0.2, 0.25) is 5.02 Å². The molecule has 0 aliphatic rings. The van der Waals surface area contributed by atoms with Gasteiger partial charge in [0.05, 0.1) is 18.8 Å². The average Bonchev–Trinajstić information content (AvgIpc) is 2.70. The molecule has 2 aromatic rings. The summed E-state index contributed by atoms with van der Waals surface area (Å²) in [6.07, 6.45) is 3.65. The molecular weight excluding hydrogens is 382 g/mol. The second-order valence-corrected chi connectivity index (χ2v) is 6.10. The smallest absolute Gasteiger partial charge is 0.335 e. The Morgan fingerprint density at radius 2 is 1.61 bits per heavy atom. The molecular formula is C21H24ClNO5. The van der Waals surface area contributed by atoms with Crippen molar-refractivity contribution in [2.75, 3.05) is 18.9 Å². The van der Waals surface area contributed by atoms with Crippen LogP contribution in [0.25, 0.3) is 0 Å². The van der Waals surface area contributed by atoms with Gasteiger partial charge in [0.15, 0.2) is 0 Å². The molecule has 2 rings (SSSR count). The lowest BCUT2D eigenvalue weighted by atomic mass is 10.2. The van der Waals surface area contributed by atoms with E-state index in [0.717, 1.165) is 36.0 Å². The largest absolute Gasteiger partial charge is 0.494 e. The number of carbonyl (C=O) groups excluding carboxylic acids is 1. The van der Waals surface area contributed by atoms with Gasteiger partial charge in [-0.25, -0.2) is 9.59 Å². The summed E-state index contributed by atoms with van der Waals surface area (Å²) in [6.45, 7) is 4.24. The highest BCUT2D eigenvalue weighted by Crippen LogP contribution is 2.13. The fourth-order valence-corrected chi connectivity index (χ4v) is 2.09. The number of hydrogen-bond donors (Lipinski definition) is 2. The minimum Gasteiger partial charge on any atom is -0.494 e. The molecule has 0 heterocycles. The van der Waals surface area contributed by atoms with Crippen molar-refractivity contribution in [2.45, 2.75) is 19.3 Å². The van der Waals surface area contributed by atoms with Crippen LogP contribution in [0.15, 0.2) is 61.2 Å². The molecule has 0 atom stereocenters. The SMILES string of the molecule is C=CC(=O)OCCCCCOc1ccc(C(=O)O)cc1.Nc1ccc(Cl)cc1. The first-order chi connectivity index (χ1) is 13.4. The highest BCUT2D eigenvalue weighted by atomic mass is 35.5. The van der Waals surface area contributed by atoms with Crippen LogP contribution in [-0.4, -0.2) is 30.3 Å². The monoisotopic (exact) mass is 405 g/mol. The summed E-state index contributed by atoms with van der Waals surface area (Å²) in [5.41, 5.74) is 6.35. The number of aromatic carboxylic acids is 1. The molecule has 0 aliphatic carbocycles. The van der Waals surface area contributed by atoms with Gasteiger partial charge in [-0.3, -0.25) is 0 Å². The van der Waals surface area contributed by atoms with Crippen molar-refractivity contribution < 1.29 is 24.2 Å². The zero-order chi connectivity index (χ0) is 20.8. The molecule has 0 aromatic heterocycles. The fourth-order valence-electron chi connectivity index (χ4n) is 1.96. The lowest BCUT2D eigenvalue weighted by Crippen LogP contribution is -2.03. The first-order valence-corrected chi connectivity index (χ1v) is 9.06. The summed E-state index contributed by atoms with van der Waals surface area (Å²) in [7, 11) is 0. The third kappa shape index (κ3) is 10.2. The van der Waals surface area contributed by atoms with E-state index in [9.17, 15) is 9.59 Å².